The van der Waals surface area contributed by atoms with Gasteiger partial charge in [0, 0.05) is 14.1 Å². The zero-order valence-corrected chi connectivity index (χ0v) is 9.08. The van der Waals surface area contributed by atoms with Crippen molar-refractivity contribution in [3.63, 3.8) is 0 Å². The van der Waals surface area contributed by atoms with Crippen LogP contribution >= 0.6 is 0 Å². The topological polar surface area (TPSA) is 103 Å². The summed E-state index contributed by atoms with van der Waals surface area (Å²) in [5, 5.41) is 3.70. The largest absolute Gasteiger partial charge is 0.454 e. The molecule has 0 spiro atoms. The highest BCUT2D eigenvalue weighted by molar-refractivity contribution is 5.80. The Labute approximate surface area is 92.0 Å². The molecular formula is C8H13N5O3. The lowest BCUT2D eigenvalue weighted by atomic mass is 10.6. The van der Waals surface area contributed by atoms with Crippen LogP contribution in [0.5, 0.6) is 0 Å². The molecule has 1 heterocycles. The van der Waals surface area contributed by atoms with Crippen molar-refractivity contribution in [2.45, 2.75) is 6.54 Å². The summed E-state index contributed by atoms with van der Waals surface area (Å²) in [6.07, 6.45) is 1.31. The molecule has 0 bridgehead atoms. The molecule has 0 aromatic carbocycles. The predicted octanol–water partition coefficient (Wildman–Crippen LogP) is -1.51. The fourth-order valence-corrected chi connectivity index (χ4v) is 0.834. The Morgan fingerprint density at radius 3 is 2.75 bits per heavy atom. The Morgan fingerprint density at radius 1 is 1.56 bits per heavy atom. The molecule has 0 aliphatic heterocycles. The van der Waals surface area contributed by atoms with Gasteiger partial charge in [0.1, 0.15) is 12.9 Å². The highest BCUT2D eigenvalue weighted by Gasteiger charge is 2.10. The lowest BCUT2D eigenvalue weighted by Gasteiger charge is -2.10. The molecule has 0 radical (unpaired) electrons. The maximum absolute atomic E-state index is 11.2. The molecule has 0 saturated heterocycles. The molecule has 88 valence electrons. The number of nitrogens with zero attached hydrogens (tertiary/aromatic N) is 4. The van der Waals surface area contributed by atoms with E-state index in [-0.39, 0.29) is 25.0 Å². The van der Waals surface area contributed by atoms with Gasteiger partial charge in [0.2, 0.25) is 5.95 Å². The first-order valence-electron chi connectivity index (χ1n) is 4.49. The summed E-state index contributed by atoms with van der Waals surface area (Å²) < 4.78 is 5.95. The zero-order valence-electron chi connectivity index (χ0n) is 9.08. The van der Waals surface area contributed by atoms with Gasteiger partial charge in [-0.3, -0.25) is 9.59 Å². The van der Waals surface area contributed by atoms with Crippen LogP contribution in [-0.4, -0.2) is 52.2 Å². The SMILES string of the molecule is CN(C)C(=O)COC(=O)Cn1cnc(N)n1. The van der Waals surface area contributed by atoms with Crippen molar-refractivity contribution >= 4 is 17.8 Å². The van der Waals surface area contributed by atoms with E-state index in [4.69, 9.17) is 10.5 Å². The second kappa shape index (κ2) is 5.10. The Hall–Kier alpha value is -2.12. The van der Waals surface area contributed by atoms with Gasteiger partial charge in [-0.15, -0.1) is 5.10 Å². The van der Waals surface area contributed by atoms with E-state index in [0.29, 0.717) is 0 Å². The molecule has 0 aliphatic carbocycles. The van der Waals surface area contributed by atoms with E-state index in [1.807, 2.05) is 0 Å². The zero-order chi connectivity index (χ0) is 12.1. The van der Waals surface area contributed by atoms with Gasteiger partial charge in [-0.05, 0) is 0 Å². The average molecular weight is 227 g/mol. The molecular weight excluding hydrogens is 214 g/mol. The van der Waals surface area contributed by atoms with Crippen LogP contribution in [0, 0.1) is 0 Å². The molecule has 8 heteroatoms. The Morgan fingerprint density at radius 2 is 2.25 bits per heavy atom. The lowest BCUT2D eigenvalue weighted by molar-refractivity contribution is -0.151. The first kappa shape index (κ1) is 12.0. The third-order valence-electron chi connectivity index (χ3n) is 1.70. The molecule has 0 unspecified atom stereocenters. The number of likely N-dealkylation sites (N-methyl/N-ethyl adjacent to an activating group) is 1. The molecule has 1 aromatic rings. The first-order valence-corrected chi connectivity index (χ1v) is 4.49. The average Bonchev–Trinajstić information content (AvgIpc) is 2.60. The predicted molar refractivity (Wildman–Crippen MR) is 54.1 cm³/mol. The van der Waals surface area contributed by atoms with E-state index in [1.165, 1.54) is 15.9 Å². The van der Waals surface area contributed by atoms with Gasteiger partial charge in [0.25, 0.3) is 5.91 Å². The summed E-state index contributed by atoms with van der Waals surface area (Å²) in [5.74, 6) is -0.774. The second-order valence-corrected chi connectivity index (χ2v) is 3.25. The van der Waals surface area contributed by atoms with Crippen LogP contribution in [0.1, 0.15) is 0 Å². The third kappa shape index (κ3) is 3.56. The third-order valence-corrected chi connectivity index (χ3v) is 1.70. The van der Waals surface area contributed by atoms with Crippen LogP contribution in [0.15, 0.2) is 6.33 Å². The van der Waals surface area contributed by atoms with Crippen LogP contribution < -0.4 is 5.73 Å². The molecule has 0 aliphatic rings. The summed E-state index contributed by atoms with van der Waals surface area (Å²) in [5.41, 5.74) is 5.26. The normalized spacial score (nSPS) is 9.88. The van der Waals surface area contributed by atoms with Gasteiger partial charge < -0.3 is 15.4 Å². The summed E-state index contributed by atoms with van der Waals surface area (Å²) in [4.78, 5) is 27.3. The van der Waals surface area contributed by atoms with Crippen LogP contribution in [0.2, 0.25) is 0 Å². The molecule has 0 atom stereocenters. The van der Waals surface area contributed by atoms with Gasteiger partial charge in [-0.1, -0.05) is 0 Å². The fraction of sp³-hybridized carbons (Fsp3) is 0.500. The Bertz CT molecular complexity index is 387. The van der Waals surface area contributed by atoms with Crippen molar-refractivity contribution in [3.8, 4) is 0 Å². The van der Waals surface area contributed by atoms with E-state index in [1.54, 1.807) is 14.1 Å². The Balaban J connectivity index is 2.34. The van der Waals surface area contributed by atoms with E-state index in [0.717, 1.165) is 0 Å². The highest BCUT2D eigenvalue weighted by Crippen LogP contribution is 1.91. The van der Waals surface area contributed by atoms with E-state index >= 15 is 0 Å². The Kier molecular flexibility index (Phi) is 3.81. The number of carbonyl (C=O) groups excluding carboxylic acids is 2. The minimum atomic E-state index is -0.569. The number of amides is 1. The fourth-order valence-electron chi connectivity index (χ4n) is 0.834. The van der Waals surface area contributed by atoms with Crippen molar-refractivity contribution in [1.29, 1.82) is 0 Å². The molecule has 0 fully saturated rings. The standard InChI is InChI=1S/C8H13N5O3/c1-12(2)6(14)4-16-7(15)3-13-5-10-8(9)11-13/h5H,3-4H2,1-2H3,(H2,9,11). The van der Waals surface area contributed by atoms with Crippen molar-refractivity contribution in [1.82, 2.24) is 19.7 Å². The molecule has 2 N–H and O–H groups in total. The lowest BCUT2D eigenvalue weighted by Crippen LogP contribution is -2.28. The van der Waals surface area contributed by atoms with Gasteiger partial charge in [0.05, 0.1) is 0 Å². The van der Waals surface area contributed by atoms with Crippen LogP contribution in [0.4, 0.5) is 5.95 Å². The number of nitrogen functional groups attached to an aromatic ring is 1. The van der Waals surface area contributed by atoms with Crippen LogP contribution in [0.3, 0.4) is 0 Å². The monoisotopic (exact) mass is 227 g/mol. The molecule has 8 nitrogen and oxygen atoms in total. The summed E-state index contributed by atoms with van der Waals surface area (Å²) in [6.45, 7) is -0.402. The first-order chi connectivity index (χ1) is 7.49. The van der Waals surface area contributed by atoms with Crippen molar-refractivity contribution in [3.05, 3.63) is 6.33 Å². The number of hydrogen-bond acceptors (Lipinski definition) is 6. The number of ether oxygens (including phenoxy) is 1. The second-order valence-electron chi connectivity index (χ2n) is 3.25. The smallest absolute Gasteiger partial charge is 0.328 e. The highest BCUT2D eigenvalue weighted by atomic mass is 16.5. The van der Waals surface area contributed by atoms with E-state index in [9.17, 15) is 9.59 Å². The van der Waals surface area contributed by atoms with Crippen LogP contribution in [0.25, 0.3) is 0 Å². The van der Waals surface area contributed by atoms with Crippen LogP contribution in [-0.2, 0) is 20.9 Å². The van der Waals surface area contributed by atoms with Gasteiger partial charge in [-0.2, -0.15) is 0 Å². The molecule has 1 amide bonds. The quantitative estimate of drug-likeness (QED) is 0.627. The summed E-state index contributed by atoms with van der Waals surface area (Å²) in [6, 6.07) is 0. The number of carbonyl (C=O) groups is 2. The van der Waals surface area contributed by atoms with E-state index in [2.05, 4.69) is 10.1 Å². The maximum atomic E-state index is 11.2. The molecule has 0 saturated carbocycles. The summed E-state index contributed by atoms with van der Waals surface area (Å²) >= 11 is 0. The number of nitrogens with two attached hydrogens (primary N) is 1. The number of hydrogen-bond donors (Lipinski definition) is 1. The molecule has 16 heavy (non-hydrogen) atoms. The van der Waals surface area contributed by atoms with Gasteiger partial charge >= 0.3 is 5.97 Å². The number of aromatic nitrogens is 3. The van der Waals surface area contributed by atoms with Crippen molar-refractivity contribution in [2.75, 3.05) is 26.4 Å². The van der Waals surface area contributed by atoms with Crippen molar-refractivity contribution in [2.24, 2.45) is 0 Å². The summed E-state index contributed by atoms with van der Waals surface area (Å²) in [7, 11) is 3.16. The molecule has 1 rings (SSSR count). The number of anilines is 1. The van der Waals surface area contributed by atoms with Crippen molar-refractivity contribution < 1.29 is 14.3 Å². The minimum absolute atomic E-state index is 0.0807. The minimum Gasteiger partial charge on any atom is -0.454 e. The molecule has 1 aromatic heterocycles. The van der Waals surface area contributed by atoms with E-state index < -0.39 is 5.97 Å². The number of esters is 1. The van der Waals surface area contributed by atoms with Gasteiger partial charge in [0.15, 0.2) is 6.61 Å². The number of rotatable bonds is 4. The maximum Gasteiger partial charge on any atom is 0.328 e. The van der Waals surface area contributed by atoms with Gasteiger partial charge in [-0.25, -0.2) is 9.67 Å².